The van der Waals surface area contributed by atoms with Crippen molar-refractivity contribution in [2.24, 2.45) is 0 Å². The molecule has 0 saturated heterocycles. The van der Waals surface area contributed by atoms with Gasteiger partial charge in [0.1, 0.15) is 0 Å². The van der Waals surface area contributed by atoms with Gasteiger partial charge in [-0.3, -0.25) is 0 Å². The summed E-state index contributed by atoms with van der Waals surface area (Å²) in [7, 11) is 0. The third-order valence-electron chi connectivity index (χ3n) is 3.37. The van der Waals surface area contributed by atoms with Gasteiger partial charge in [-0.25, -0.2) is 0 Å². The van der Waals surface area contributed by atoms with E-state index in [9.17, 15) is 0 Å². The van der Waals surface area contributed by atoms with E-state index in [0.717, 1.165) is 24.5 Å². The first-order valence-corrected chi connectivity index (χ1v) is 7.79. The summed E-state index contributed by atoms with van der Waals surface area (Å²) in [5, 5.41) is 3.62. The lowest BCUT2D eigenvalue weighted by Crippen LogP contribution is -2.22. The van der Waals surface area contributed by atoms with Crippen LogP contribution in [0.15, 0.2) is 30.3 Å². The molecule has 3 rings (SSSR count). The van der Waals surface area contributed by atoms with E-state index in [1.807, 2.05) is 17.4 Å². The van der Waals surface area contributed by atoms with Crippen LogP contribution in [0.4, 0.5) is 0 Å². The van der Waals surface area contributed by atoms with Crippen LogP contribution in [0.2, 0.25) is 0 Å². The SMILES string of the molecule is CCCNC(c1ccc2c(c1)OCO2)c1ccc(C)s1. The van der Waals surface area contributed by atoms with Crippen molar-refractivity contribution in [3.05, 3.63) is 45.6 Å². The number of benzene rings is 1. The molecule has 0 amide bonds. The fraction of sp³-hybridized carbons (Fsp3) is 0.375. The first-order chi connectivity index (χ1) is 9.78. The fourth-order valence-electron chi connectivity index (χ4n) is 2.37. The topological polar surface area (TPSA) is 30.5 Å². The summed E-state index contributed by atoms with van der Waals surface area (Å²) in [5.74, 6) is 1.68. The number of hydrogen-bond acceptors (Lipinski definition) is 4. The molecule has 0 spiro atoms. The summed E-state index contributed by atoms with van der Waals surface area (Å²) in [6, 6.07) is 10.8. The molecule has 3 nitrogen and oxygen atoms in total. The Morgan fingerprint density at radius 2 is 2.05 bits per heavy atom. The molecular weight excluding hydrogens is 270 g/mol. The Hall–Kier alpha value is -1.52. The molecule has 0 fully saturated rings. The first kappa shape index (κ1) is 13.5. The van der Waals surface area contributed by atoms with E-state index in [1.54, 1.807) is 0 Å². The van der Waals surface area contributed by atoms with E-state index in [-0.39, 0.29) is 6.04 Å². The van der Waals surface area contributed by atoms with Crippen molar-refractivity contribution >= 4 is 11.3 Å². The fourth-order valence-corrected chi connectivity index (χ4v) is 3.35. The zero-order valence-corrected chi connectivity index (χ0v) is 12.6. The van der Waals surface area contributed by atoms with Crippen molar-refractivity contribution in [3.63, 3.8) is 0 Å². The summed E-state index contributed by atoms with van der Waals surface area (Å²) < 4.78 is 10.9. The highest BCUT2D eigenvalue weighted by molar-refractivity contribution is 7.12. The molecule has 20 heavy (non-hydrogen) atoms. The third kappa shape index (κ3) is 2.67. The summed E-state index contributed by atoms with van der Waals surface area (Å²) in [6.45, 7) is 5.65. The Morgan fingerprint density at radius 1 is 1.20 bits per heavy atom. The number of ether oxygens (including phenoxy) is 2. The number of hydrogen-bond donors (Lipinski definition) is 1. The van der Waals surface area contributed by atoms with E-state index >= 15 is 0 Å². The Balaban J connectivity index is 1.92. The highest BCUT2D eigenvalue weighted by Crippen LogP contribution is 2.36. The van der Waals surface area contributed by atoms with E-state index in [4.69, 9.17) is 9.47 Å². The Bertz CT molecular complexity index is 594. The molecule has 0 radical (unpaired) electrons. The second-order valence-corrected chi connectivity index (χ2v) is 6.27. The quantitative estimate of drug-likeness (QED) is 0.906. The van der Waals surface area contributed by atoms with E-state index in [0.29, 0.717) is 6.79 Å². The summed E-state index contributed by atoms with van der Waals surface area (Å²) in [4.78, 5) is 2.68. The van der Waals surface area contributed by atoms with Gasteiger partial charge in [0.05, 0.1) is 6.04 Å². The minimum Gasteiger partial charge on any atom is -0.454 e. The van der Waals surface area contributed by atoms with Crippen molar-refractivity contribution in [1.82, 2.24) is 5.32 Å². The molecule has 1 atom stereocenters. The van der Waals surface area contributed by atoms with E-state index < -0.39 is 0 Å². The van der Waals surface area contributed by atoms with Crippen LogP contribution in [-0.2, 0) is 0 Å². The van der Waals surface area contributed by atoms with Crippen LogP contribution >= 0.6 is 11.3 Å². The Morgan fingerprint density at radius 3 is 2.80 bits per heavy atom. The monoisotopic (exact) mass is 289 g/mol. The molecule has 106 valence electrons. The minimum atomic E-state index is 0.225. The van der Waals surface area contributed by atoms with Gasteiger partial charge in [-0.1, -0.05) is 13.0 Å². The van der Waals surface area contributed by atoms with Gasteiger partial charge in [0.2, 0.25) is 6.79 Å². The molecule has 0 saturated carbocycles. The highest BCUT2D eigenvalue weighted by atomic mass is 32.1. The van der Waals surface area contributed by atoms with Gasteiger partial charge in [-0.15, -0.1) is 11.3 Å². The molecule has 1 aromatic heterocycles. The molecule has 0 aliphatic carbocycles. The maximum atomic E-state index is 5.49. The van der Waals surface area contributed by atoms with Gasteiger partial charge in [-0.2, -0.15) is 0 Å². The second kappa shape index (κ2) is 5.85. The van der Waals surface area contributed by atoms with Crippen LogP contribution in [0.5, 0.6) is 11.5 Å². The maximum absolute atomic E-state index is 5.49. The lowest BCUT2D eigenvalue weighted by atomic mass is 10.0. The van der Waals surface area contributed by atoms with Gasteiger partial charge in [0, 0.05) is 9.75 Å². The minimum absolute atomic E-state index is 0.225. The van der Waals surface area contributed by atoms with E-state index in [1.165, 1.54) is 15.3 Å². The predicted molar refractivity (Wildman–Crippen MR) is 81.8 cm³/mol. The van der Waals surface area contributed by atoms with E-state index in [2.05, 4.69) is 43.4 Å². The molecule has 4 heteroatoms. The van der Waals surface area contributed by atoms with Gasteiger partial charge in [0.15, 0.2) is 11.5 Å². The predicted octanol–water partition coefficient (Wildman–Crippen LogP) is 3.87. The average molecular weight is 289 g/mol. The molecule has 1 aromatic carbocycles. The highest BCUT2D eigenvalue weighted by Gasteiger charge is 2.19. The average Bonchev–Trinajstić information content (AvgIpc) is 3.07. The molecule has 0 bridgehead atoms. The molecule has 1 unspecified atom stereocenters. The summed E-state index contributed by atoms with van der Waals surface area (Å²) >= 11 is 1.84. The van der Waals surface area contributed by atoms with Gasteiger partial charge >= 0.3 is 0 Å². The largest absolute Gasteiger partial charge is 0.454 e. The second-order valence-electron chi connectivity index (χ2n) is 4.95. The molecule has 1 aliphatic rings. The standard InChI is InChI=1S/C16H19NO2S/c1-3-8-17-16(15-7-4-11(2)20-15)12-5-6-13-14(9-12)19-10-18-13/h4-7,9,16-17H,3,8,10H2,1-2H3. The molecule has 1 N–H and O–H groups in total. The zero-order chi connectivity index (χ0) is 13.9. The molecule has 2 heterocycles. The number of thiophene rings is 1. The number of nitrogens with one attached hydrogen (secondary N) is 1. The zero-order valence-electron chi connectivity index (χ0n) is 11.8. The summed E-state index contributed by atoms with van der Waals surface area (Å²) in [6.07, 6.45) is 1.12. The van der Waals surface area contributed by atoms with Crippen molar-refractivity contribution in [1.29, 1.82) is 0 Å². The van der Waals surface area contributed by atoms with Crippen molar-refractivity contribution in [3.8, 4) is 11.5 Å². The van der Waals surface area contributed by atoms with Crippen molar-refractivity contribution in [2.45, 2.75) is 26.3 Å². The third-order valence-corrected chi connectivity index (χ3v) is 4.44. The van der Waals surface area contributed by atoms with Crippen LogP contribution in [0.25, 0.3) is 0 Å². The number of fused-ring (bicyclic) bond motifs is 1. The first-order valence-electron chi connectivity index (χ1n) is 6.97. The number of rotatable bonds is 5. The Labute approximate surface area is 123 Å². The normalized spacial score (nSPS) is 14.5. The van der Waals surface area contributed by atoms with Crippen molar-refractivity contribution < 1.29 is 9.47 Å². The lowest BCUT2D eigenvalue weighted by molar-refractivity contribution is 0.174. The smallest absolute Gasteiger partial charge is 0.231 e. The van der Waals surface area contributed by atoms with Crippen LogP contribution in [-0.4, -0.2) is 13.3 Å². The number of aryl methyl sites for hydroxylation is 1. The summed E-state index contributed by atoms with van der Waals surface area (Å²) in [5.41, 5.74) is 1.23. The molecule has 2 aromatic rings. The van der Waals surface area contributed by atoms with Crippen molar-refractivity contribution in [2.75, 3.05) is 13.3 Å². The molecular formula is C16H19NO2S. The maximum Gasteiger partial charge on any atom is 0.231 e. The van der Waals surface area contributed by atoms with Crippen LogP contribution in [0.1, 0.15) is 34.7 Å². The lowest BCUT2D eigenvalue weighted by Gasteiger charge is -2.18. The van der Waals surface area contributed by atoms with Crippen LogP contribution < -0.4 is 14.8 Å². The van der Waals surface area contributed by atoms with Gasteiger partial charge in [0.25, 0.3) is 0 Å². The molecule has 1 aliphatic heterocycles. The van der Waals surface area contributed by atoms with Crippen LogP contribution in [0, 0.1) is 6.92 Å². The van der Waals surface area contributed by atoms with Gasteiger partial charge in [-0.05, 0) is 49.7 Å². The van der Waals surface area contributed by atoms with Gasteiger partial charge < -0.3 is 14.8 Å². The van der Waals surface area contributed by atoms with Crippen LogP contribution in [0.3, 0.4) is 0 Å². The Kier molecular flexibility index (Phi) is 3.94.